The zero-order valence-electron chi connectivity index (χ0n) is 11.4. The molecule has 1 aliphatic heterocycles. The zero-order chi connectivity index (χ0) is 12.6. The van der Waals surface area contributed by atoms with Crippen LogP contribution in [0.2, 0.25) is 0 Å². The van der Waals surface area contributed by atoms with Crippen LogP contribution >= 0.6 is 0 Å². The van der Waals surface area contributed by atoms with Gasteiger partial charge in [-0.2, -0.15) is 0 Å². The van der Waals surface area contributed by atoms with E-state index >= 15 is 0 Å². The van der Waals surface area contributed by atoms with Gasteiger partial charge in [0.2, 0.25) is 0 Å². The standard InChI is InChI=1S/C16H26O2/c17-16-14-12-10-8-6-4-2-1-3-5-7-9-11-13-15(14)18-16/h1-2,14-15H,3-13H2/b2-1-. The van der Waals surface area contributed by atoms with Crippen LogP contribution in [0.1, 0.15) is 70.6 Å². The summed E-state index contributed by atoms with van der Waals surface area (Å²) in [5, 5.41) is 0. The van der Waals surface area contributed by atoms with Gasteiger partial charge < -0.3 is 4.74 Å². The smallest absolute Gasteiger partial charge is 0.313 e. The summed E-state index contributed by atoms with van der Waals surface area (Å²) in [6.07, 6.45) is 18.3. The van der Waals surface area contributed by atoms with E-state index in [1.807, 2.05) is 0 Å². The van der Waals surface area contributed by atoms with Gasteiger partial charge in [0, 0.05) is 0 Å². The predicted octanol–water partition coefficient (Wildman–Crippen LogP) is 4.39. The third kappa shape index (κ3) is 4.15. The molecule has 0 bridgehead atoms. The van der Waals surface area contributed by atoms with Crippen molar-refractivity contribution < 1.29 is 9.53 Å². The van der Waals surface area contributed by atoms with E-state index in [1.54, 1.807) is 0 Å². The molecule has 0 aromatic carbocycles. The number of hydrogen-bond acceptors (Lipinski definition) is 2. The molecule has 18 heavy (non-hydrogen) atoms. The SMILES string of the molecule is O=C1OC2CCCCCC/C=C\CCCCCC12. The summed E-state index contributed by atoms with van der Waals surface area (Å²) < 4.78 is 5.28. The van der Waals surface area contributed by atoms with Gasteiger partial charge in [0.1, 0.15) is 6.10 Å². The van der Waals surface area contributed by atoms with Gasteiger partial charge in [-0.3, -0.25) is 4.79 Å². The van der Waals surface area contributed by atoms with Crippen molar-refractivity contribution in [3.8, 4) is 0 Å². The summed E-state index contributed by atoms with van der Waals surface area (Å²) in [6.45, 7) is 0. The van der Waals surface area contributed by atoms with Gasteiger partial charge in [-0.15, -0.1) is 0 Å². The average Bonchev–Trinajstić information content (AvgIpc) is 2.37. The topological polar surface area (TPSA) is 26.3 Å². The fourth-order valence-electron chi connectivity index (χ4n) is 2.96. The lowest BCUT2D eigenvalue weighted by Crippen LogP contribution is -2.44. The Hall–Kier alpha value is -0.790. The molecule has 1 fully saturated rings. The van der Waals surface area contributed by atoms with Gasteiger partial charge in [0.05, 0.1) is 5.92 Å². The lowest BCUT2D eigenvalue weighted by molar-refractivity contribution is -0.186. The molecule has 0 saturated carbocycles. The number of rotatable bonds is 0. The van der Waals surface area contributed by atoms with Crippen molar-refractivity contribution in [3.63, 3.8) is 0 Å². The zero-order valence-corrected chi connectivity index (χ0v) is 11.4. The van der Waals surface area contributed by atoms with Crippen molar-refractivity contribution in [2.24, 2.45) is 5.92 Å². The van der Waals surface area contributed by atoms with Crippen molar-refractivity contribution >= 4 is 5.97 Å². The van der Waals surface area contributed by atoms with Crippen LogP contribution in [-0.2, 0) is 9.53 Å². The first kappa shape index (κ1) is 13.6. The van der Waals surface area contributed by atoms with Gasteiger partial charge in [-0.25, -0.2) is 0 Å². The maximum Gasteiger partial charge on any atom is 0.313 e. The van der Waals surface area contributed by atoms with E-state index in [9.17, 15) is 4.79 Å². The van der Waals surface area contributed by atoms with Crippen LogP contribution in [-0.4, -0.2) is 12.1 Å². The average molecular weight is 250 g/mol. The molecule has 2 unspecified atom stereocenters. The molecule has 0 spiro atoms. The number of carbonyl (C=O) groups excluding carboxylic acids is 1. The number of esters is 1. The van der Waals surface area contributed by atoms with Gasteiger partial charge >= 0.3 is 5.97 Å². The summed E-state index contributed by atoms with van der Waals surface area (Å²) in [5.74, 6) is 0.287. The minimum Gasteiger partial charge on any atom is -0.461 e. The third-order valence-electron chi connectivity index (χ3n) is 4.18. The Morgan fingerprint density at radius 1 is 0.833 bits per heavy atom. The van der Waals surface area contributed by atoms with Crippen molar-refractivity contribution in [2.45, 2.75) is 76.7 Å². The fourth-order valence-corrected chi connectivity index (χ4v) is 2.96. The number of fused-ring (bicyclic) bond motifs is 1. The summed E-state index contributed by atoms with van der Waals surface area (Å²) in [7, 11) is 0. The Bertz CT molecular complexity index is 283. The lowest BCUT2D eigenvalue weighted by Gasteiger charge is -2.35. The van der Waals surface area contributed by atoms with Gasteiger partial charge in [-0.05, 0) is 44.9 Å². The van der Waals surface area contributed by atoms with Crippen molar-refractivity contribution in [3.05, 3.63) is 12.2 Å². The maximum atomic E-state index is 11.4. The maximum absolute atomic E-state index is 11.4. The van der Waals surface area contributed by atoms with Crippen LogP contribution < -0.4 is 0 Å². The number of ether oxygens (including phenoxy) is 1. The minimum absolute atomic E-state index is 0.0595. The fraction of sp³-hybridized carbons (Fsp3) is 0.812. The first-order valence-corrected chi connectivity index (χ1v) is 7.73. The van der Waals surface area contributed by atoms with Crippen LogP contribution in [0, 0.1) is 5.92 Å². The van der Waals surface area contributed by atoms with Crippen LogP contribution in [0.25, 0.3) is 0 Å². The molecule has 102 valence electrons. The first-order chi connectivity index (χ1) is 8.88. The number of hydrogen-bond donors (Lipinski definition) is 0. The molecule has 1 saturated heterocycles. The molecule has 2 heteroatoms. The lowest BCUT2D eigenvalue weighted by atomic mass is 9.87. The molecular formula is C16H26O2. The van der Waals surface area contributed by atoms with Gasteiger partial charge in [0.15, 0.2) is 0 Å². The Labute approximate surface area is 111 Å². The molecule has 2 aliphatic rings. The highest BCUT2D eigenvalue weighted by atomic mass is 16.6. The highest BCUT2D eigenvalue weighted by Crippen LogP contribution is 2.31. The van der Waals surface area contributed by atoms with E-state index < -0.39 is 0 Å². The number of carbonyl (C=O) groups is 1. The summed E-state index contributed by atoms with van der Waals surface area (Å²) >= 11 is 0. The molecule has 2 atom stereocenters. The molecule has 0 aromatic heterocycles. The van der Waals surface area contributed by atoms with E-state index in [4.69, 9.17) is 4.74 Å². The molecule has 0 N–H and O–H groups in total. The Morgan fingerprint density at radius 3 is 2.17 bits per heavy atom. The van der Waals surface area contributed by atoms with Crippen LogP contribution in [0.15, 0.2) is 12.2 Å². The van der Waals surface area contributed by atoms with E-state index in [0.29, 0.717) is 0 Å². The van der Waals surface area contributed by atoms with E-state index in [0.717, 1.165) is 12.8 Å². The van der Waals surface area contributed by atoms with E-state index in [-0.39, 0.29) is 18.0 Å². The summed E-state index contributed by atoms with van der Waals surface area (Å²) in [4.78, 5) is 11.4. The molecule has 1 aliphatic carbocycles. The second kappa shape index (κ2) is 7.60. The Kier molecular flexibility index (Phi) is 5.76. The van der Waals surface area contributed by atoms with Gasteiger partial charge in [-0.1, -0.05) is 37.8 Å². The molecule has 2 rings (SSSR count). The van der Waals surface area contributed by atoms with Crippen molar-refractivity contribution in [2.75, 3.05) is 0 Å². The van der Waals surface area contributed by atoms with Crippen molar-refractivity contribution in [1.82, 2.24) is 0 Å². The molecular weight excluding hydrogens is 224 g/mol. The largest absolute Gasteiger partial charge is 0.461 e. The van der Waals surface area contributed by atoms with Crippen LogP contribution in [0.4, 0.5) is 0 Å². The second-order valence-electron chi connectivity index (χ2n) is 5.68. The van der Waals surface area contributed by atoms with Crippen LogP contribution in [0.5, 0.6) is 0 Å². The first-order valence-electron chi connectivity index (χ1n) is 7.73. The molecule has 0 aromatic rings. The molecule has 1 heterocycles. The second-order valence-corrected chi connectivity index (χ2v) is 5.68. The summed E-state index contributed by atoms with van der Waals surface area (Å²) in [6, 6.07) is 0. The monoisotopic (exact) mass is 250 g/mol. The quantitative estimate of drug-likeness (QED) is 0.471. The third-order valence-corrected chi connectivity index (χ3v) is 4.18. The molecule has 0 amide bonds. The highest BCUT2D eigenvalue weighted by molar-refractivity contribution is 5.78. The normalized spacial score (nSPS) is 33.2. The molecule has 0 radical (unpaired) electrons. The summed E-state index contributed by atoms with van der Waals surface area (Å²) in [5.41, 5.74) is 0. The predicted molar refractivity (Wildman–Crippen MR) is 73.3 cm³/mol. The van der Waals surface area contributed by atoms with Crippen molar-refractivity contribution in [1.29, 1.82) is 0 Å². The number of allylic oxidation sites excluding steroid dienone is 2. The minimum atomic E-state index is 0.0595. The van der Waals surface area contributed by atoms with E-state index in [1.165, 1.54) is 57.8 Å². The Balaban J connectivity index is 1.75. The Morgan fingerprint density at radius 2 is 1.44 bits per heavy atom. The van der Waals surface area contributed by atoms with Crippen LogP contribution in [0.3, 0.4) is 0 Å². The van der Waals surface area contributed by atoms with Gasteiger partial charge in [0.25, 0.3) is 0 Å². The van der Waals surface area contributed by atoms with E-state index in [2.05, 4.69) is 12.2 Å². The highest BCUT2D eigenvalue weighted by Gasteiger charge is 2.40. The molecule has 2 nitrogen and oxygen atoms in total.